The number of fused-ring (bicyclic) bond motifs is 6. The Morgan fingerprint density at radius 3 is 1.00 bits per heavy atom. The fraction of sp³-hybridized carbons (Fsp3) is 0.111. The molecule has 3 heteroatoms. The third kappa shape index (κ3) is 2.53. The maximum Gasteiger partial charge on any atom is 0.0206 e. The number of hydrogen-bond acceptors (Lipinski definition) is 1. The van der Waals surface area contributed by atoms with Crippen molar-refractivity contribution >= 4 is 57.4 Å². The second-order valence-corrected chi connectivity index (χ2v) is 12.5. The van der Waals surface area contributed by atoms with Crippen LogP contribution in [-0.4, -0.2) is 6.04 Å². The lowest BCUT2D eigenvalue weighted by Gasteiger charge is -2.28. The Morgan fingerprint density at radius 1 is 0.467 bits per heavy atom. The molecule has 0 saturated heterocycles. The maximum absolute atomic E-state index is 2.86. The van der Waals surface area contributed by atoms with Crippen LogP contribution in [0.5, 0.6) is 0 Å². The summed E-state index contributed by atoms with van der Waals surface area (Å²) in [5.41, 5.74) is 0. The zero-order valence-electron chi connectivity index (χ0n) is 17.2. The van der Waals surface area contributed by atoms with E-state index in [9.17, 15) is 0 Å². The van der Waals surface area contributed by atoms with E-state index >= 15 is 0 Å². The van der Waals surface area contributed by atoms with Gasteiger partial charge >= 0.3 is 0 Å². The number of nitrogens with zero attached hydrogens (tertiary/aromatic N) is 1. The quantitative estimate of drug-likeness (QED) is 0.274. The lowest BCUT2D eigenvalue weighted by molar-refractivity contribution is 0.875. The van der Waals surface area contributed by atoms with Crippen LogP contribution in [0.3, 0.4) is 0 Å². The number of hydrogen-bond donors (Lipinski definition) is 0. The summed E-state index contributed by atoms with van der Waals surface area (Å²) in [5, 5.41) is 11.7. The second-order valence-electron chi connectivity index (χ2n) is 8.11. The topological polar surface area (TPSA) is 3.24 Å². The fourth-order valence-corrected chi connectivity index (χ4v) is 11.6. The van der Waals surface area contributed by atoms with Gasteiger partial charge in [0.25, 0.3) is 0 Å². The zero-order chi connectivity index (χ0) is 20.2. The third-order valence-corrected chi connectivity index (χ3v) is 12.2. The molecule has 0 spiro atoms. The Kier molecular flexibility index (Phi) is 4.25. The van der Waals surface area contributed by atoms with Gasteiger partial charge in [0.2, 0.25) is 0 Å². The van der Waals surface area contributed by atoms with Gasteiger partial charge in [-0.3, -0.25) is 0 Å². The fourth-order valence-electron chi connectivity index (χ4n) is 4.80. The molecule has 0 N–H and O–H groups in total. The van der Waals surface area contributed by atoms with E-state index in [1.807, 2.05) is 0 Å². The molecule has 2 aromatic heterocycles. The minimum absolute atomic E-state index is 0.445. The molecule has 0 radical (unpaired) electrons. The first kappa shape index (κ1) is 18.2. The molecule has 146 valence electrons. The van der Waals surface area contributed by atoms with Gasteiger partial charge in [-0.1, -0.05) is 72.8 Å². The van der Waals surface area contributed by atoms with Gasteiger partial charge in [0.1, 0.15) is 0 Å². The van der Waals surface area contributed by atoms with E-state index in [0.29, 0.717) is 6.04 Å². The molecule has 0 aliphatic heterocycles. The maximum atomic E-state index is 2.86. The Balaban J connectivity index is 1.80. The second kappa shape index (κ2) is 7.00. The van der Waals surface area contributed by atoms with Crippen molar-refractivity contribution in [3.05, 3.63) is 97.1 Å². The van der Waals surface area contributed by atoms with E-state index < -0.39 is 15.4 Å². The van der Waals surface area contributed by atoms with Gasteiger partial charge in [-0.05, 0) is 75.0 Å². The monoisotopic (exact) mass is 423 g/mol. The predicted octanol–water partition coefficient (Wildman–Crippen LogP) is 9.08. The van der Waals surface area contributed by atoms with Crippen LogP contribution in [0.1, 0.15) is 13.8 Å². The minimum atomic E-state index is -0.577. The van der Waals surface area contributed by atoms with Crippen molar-refractivity contribution in [3.63, 3.8) is 0 Å². The average molecular weight is 423 g/mol. The Labute approximate surface area is 178 Å². The molecule has 4 aromatic carbocycles. The molecule has 0 saturated carbocycles. The molecule has 6 rings (SSSR count). The van der Waals surface area contributed by atoms with E-state index in [-0.39, 0.29) is 0 Å². The van der Waals surface area contributed by atoms with Gasteiger partial charge in [-0.25, -0.2) is 4.44 Å². The summed E-state index contributed by atoms with van der Waals surface area (Å²) < 4.78 is 2.86. The zero-order valence-corrected chi connectivity index (χ0v) is 18.9. The third-order valence-electron chi connectivity index (χ3n) is 5.98. The first-order chi connectivity index (χ1) is 14.8. The summed E-state index contributed by atoms with van der Waals surface area (Å²) in [7, 11) is -1.15. The Morgan fingerprint density at radius 2 is 0.733 bits per heavy atom. The van der Waals surface area contributed by atoms with Crippen LogP contribution in [-0.2, 0) is 0 Å². The SMILES string of the molecule is CC(C)N(p1c2ccccc2c2ccccc21)p1c2ccccc2c2ccccc21. The molecule has 30 heavy (non-hydrogen) atoms. The molecule has 0 aliphatic rings. The van der Waals surface area contributed by atoms with E-state index in [4.69, 9.17) is 0 Å². The van der Waals surface area contributed by atoms with Crippen LogP contribution < -0.4 is 4.44 Å². The molecule has 0 aliphatic carbocycles. The standard InChI is InChI=1S/C27H23NP2/c1-19(2)28(29-24-15-7-3-11-20(24)21-12-4-8-16-25(21)29)30-26-17-9-5-13-22(26)23-14-6-10-18-27(23)30/h3-19H,1-2H3. The van der Waals surface area contributed by atoms with Crippen molar-refractivity contribution in [2.75, 3.05) is 4.44 Å². The van der Waals surface area contributed by atoms with Crippen LogP contribution in [0.25, 0.3) is 42.0 Å². The Bertz CT molecular complexity index is 1320. The highest BCUT2D eigenvalue weighted by Crippen LogP contribution is 2.61. The molecular weight excluding hydrogens is 400 g/mol. The minimum Gasteiger partial charge on any atom is -0.212 e. The molecule has 0 fully saturated rings. The Hall–Kier alpha value is -2.56. The first-order valence-corrected chi connectivity index (χ1v) is 13.1. The van der Waals surface area contributed by atoms with Crippen LogP contribution in [0.4, 0.5) is 0 Å². The highest BCUT2D eigenvalue weighted by Gasteiger charge is 2.25. The first-order valence-electron chi connectivity index (χ1n) is 10.5. The highest BCUT2D eigenvalue weighted by atomic mass is 31.2. The van der Waals surface area contributed by atoms with Gasteiger partial charge in [0, 0.05) is 26.5 Å². The molecule has 0 bridgehead atoms. The molecule has 0 atom stereocenters. The summed E-state index contributed by atoms with van der Waals surface area (Å²) in [4.78, 5) is 0. The van der Waals surface area contributed by atoms with Crippen LogP contribution >= 0.6 is 15.4 Å². The molecule has 6 aromatic rings. The van der Waals surface area contributed by atoms with Gasteiger partial charge in [0.05, 0.1) is 0 Å². The summed E-state index contributed by atoms with van der Waals surface area (Å²) in [6.45, 7) is 4.75. The van der Waals surface area contributed by atoms with Crippen LogP contribution in [0.15, 0.2) is 97.1 Å². The van der Waals surface area contributed by atoms with Crippen molar-refractivity contribution < 1.29 is 0 Å². The van der Waals surface area contributed by atoms with Crippen molar-refractivity contribution in [3.8, 4) is 0 Å². The summed E-state index contributed by atoms with van der Waals surface area (Å²) in [6, 6.07) is 36.7. The smallest absolute Gasteiger partial charge is 0.0206 e. The molecule has 1 nitrogen and oxygen atoms in total. The van der Waals surface area contributed by atoms with Gasteiger partial charge < -0.3 is 0 Å². The van der Waals surface area contributed by atoms with Crippen molar-refractivity contribution in [1.82, 2.24) is 0 Å². The highest BCUT2D eigenvalue weighted by molar-refractivity contribution is 7.79. The van der Waals surface area contributed by atoms with Crippen LogP contribution in [0.2, 0.25) is 0 Å². The van der Waals surface area contributed by atoms with Crippen LogP contribution in [0, 0.1) is 0 Å². The van der Waals surface area contributed by atoms with E-state index in [2.05, 4.69) is 115 Å². The van der Waals surface area contributed by atoms with Gasteiger partial charge in [0.15, 0.2) is 0 Å². The van der Waals surface area contributed by atoms with E-state index in [0.717, 1.165) is 0 Å². The normalized spacial score (nSPS) is 12.3. The van der Waals surface area contributed by atoms with Crippen molar-refractivity contribution in [2.24, 2.45) is 0 Å². The molecule has 2 heterocycles. The van der Waals surface area contributed by atoms with Crippen molar-refractivity contribution in [2.45, 2.75) is 19.9 Å². The van der Waals surface area contributed by atoms with E-state index in [1.165, 1.54) is 42.0 Å². The summed E-state index contributed by atoms with van der Waals surface area (Å²) in [6.07, 6.45) is 0. The molecular formula is C27H23NP2. The van der Waals surface area contributed by atoms with Gasteiger partial charge in [-0.2, -0.15) is 0 Å². The van der Waals surface area contributed by atoms with Gasteiger partial charge in [-0.15, -0.1) is 0 Å². The van der Waals surface area contributed by atoms with Crippen molar-refractivity contribution in [1.29, 1.82) is 0 Å². The summed E-state index contributed by atoms with van der Waals surface area (Å²) >= 11 is 0. The summed E-state index contributed by atoms with van der Waals surface area (Å²) in [5.74, 6) is 0. The average Bonchev–Trinajstić information content (AvgIpc) is 3.29. The largest absolute Gasteiger partial charge is 0.212 e. The predicted molar refractivity (Wildman–Crippen MR) is 137 cm³/mol. The number of rotatable bonds is 3. The lowest BCUT2D eigenvalue weighted by atomic mass is 10.2. The van der Waals surface area contributed by atoms with E-state index in [1.54, 1.807) is 0 Å². The lowest BCUT2D eigenvalue weighted by Crippen LogP contribution is -2.19. The number of benzene rings is 4. The molecule has 0 amide bonds. The molecule has 0 unspecified atom stereocenters.